The lowest BCUT2D eigenvalue weighted by molar-refractivity contribution is -0.131. The summed E-state index contributed by atoms with van der Waals surface area (Å²) in [6, 6.07) is 2.68. The molecule has 1 fully saturated rings. The van der Waals surface area contributed by atoms with Gasteiger partial charge in [0.25, 0.3) is 0 Å². The second kappa shape index (κ2) is 7.94. The maximum absolute atomic E-state index is 14.2. The molecule has 23 heavy (non-hydrogen) atoms. The zero-order valence-electron chi connectivity index (χ0n) is 12.1. The van der Waals surface area contributed by atoms with E-state index in [0.717, 1.165) is 18.6 Å². The van der Waals surface area contributed by atoms with Gasteiger partial charge in [0, 0.05) is 19.2 Å². The number of hydrogen-bond donors (Lipinski definition) is 3. The largest absolute Gasteiger partial charge is 0.478 e. The van der Waals surface area contributed by atoms with E-state index in [9.17, 15) is 14.0 Å². The molecule has 6 nitrogen and oxygen atoms in total. The topological polar surface area (TPSA) is 87.7 Å². The minimum absolute atomic E-state index is 0.0255. The van der Waals surface area contributed by atoms with Crippen LogP contribution in [0.25, 0.3) is 6.08 Å². The van der Waals surface area contributed by atoms with Gasteiger partial charge in [-0.15, -0.1) is 11.6 Å². The number of amides is 1. The molecule has 0 radical (unpaired) electrons. The number of alkyl halides is 1. The van der Waals surface area contributed by atoms with Gasteiger partial charge in [0.1, 0.15) is 17.4 Å². The summed E-state index contributed by atoms with van der Waals surface area (Å²) in [4.78, 5) is 22.0. The number of carboxylic acid groups (broad SMARTS) is 1. The number of carbonyl (C=O) groups excluding carboxylic acids is 1. The highest BCUT2D eigenvalue weighted by atomic mass is 35.5. The fraction of sp³-hybridized carbons (Fsp3) is 0.333. The van der Waals surface area contributed by atoms with Crippen molar-refractivity contribution in [1.29, 1.82) is 0 Å². The molecule has 3 N–H and O–H groups in total. The van der Waals surface area contributed by atoms with Gasteiger partial charge in [-0.3, -0.25) is 4.79 Å². The van der Waals surface area contributed by atoms with Crippen LogP contribution >= 0.6 is 11.6 Å². The fourth-order valence-corrected chi connectivity index (χ4v) is 2.07. The van der Waals surface area contributed by atoms with Crippen LogP contribution in [0.2, 0.25) is 0 Å². The molecule has 0 aliphatic carbocycles. The number of rotatable bonds is 7. The molecule has 1 aliphatic heterocycles. The van der Waals surface area contributed by atoms with Gasteiger partial charge in [-0.1, -0.05) is 0 Å². The number of aliphatic carboxylic acids is 1. The maximum Gasteiger partial charge on any atom is 0.328 e. The van der Waals surface area contributed by atoms with E-state index in [4.69, 9.17) is 21.4 Å². The third-order valence-corrected chi connectivity index (χ3v) is 3.47. The molecule has 2 rings (SSSR count). The Balaban J connectivity index is 2.25. The Labute approximate surface area is 137 Å². The highest BCUT2D eigenvalue weighted by Crippen LogP contribution is 2.28. The van der Waals surface area contributed by atoms with E-state index in [2.05, 4.69) is 10.6 Å². The minimum Gasteiger partial charge on any atom is -0.478 e. The molecule has 0 bridgehead atoms. The zero-order valence-corrected chi connectivity index (χ0v) is 12.9. The Morgan fingerprint density at radius 2 is 2.22 bits per heavy atom. The second-order valence-corrected chi connectivity index (χ2v) is 5.21. The molecular weight excluding hydrogens is 327 g/mol. The van der Waals surface area contributed by atoms with Gasteiger partial charge < -0.3 is 20.5 Å². The Morgan fingerprint density at radius 1 is 1.48 bits per heavy atom. The summed E-state index contributed by atoms with van der Waals surface area (Å²) in [6.07, 6.45) is 3.11. The van der Waals surface area contributed by atoms with Gasteiger partial charge in [0.05, 0.1) is 11.8 Å². The van der Waals surface area contributed by atoms with E-state index in [1.807, 2.05) is 0 Å². The van der Waals surface area contributed by atoms with Crippen molar-refractivity contribution in [3.05, 3.63) is 29.6 Å². The second-order valence-electron chi connectivity index (χ2n) is 4.94. The Bertz CT molecular complexity index is 632. The number of hydrogen-bond acceptors (Lipinski definition) is 4. The smallest absolute Gasteiger partial charge is 0.328 e. The average molecular weight is 343 g/mol. The third-order valence-electron chi connectivity index (χ3n) is 3.23. The van der Waals surface area contributed by atoms with Gasteiger partial charge >= 0.3 is 5.97 Å². The van der Waals surface area contributed by atoms with Gasteiger partial charge in [-0.25, -0.2) is 9.18 Å². The molecule has 1 heterocycles. The molecular formula is C15H16ClFN2O4. The normalized spacial score (nSPS) is 16.9. The van der Waals surface area contributed by atoms with Crippen LogP contribution in [0.15, 0.2) is 18.2 Å². The van der Waals surface area contributed by atoms with Gasteiger partial charge in [0.2, 0.25) is 5.91 Å². The maximum atomic E-state index is 14.2. The van der Waals surface area contributed by atoms with Crippen LogP contribution in [0.3, 0.4) is 0 Å². The first-order chi connectivity index (χ1) is 11.0. The van der Waals surface area contributed by atoms with Gasteiger partial charge in [0.15, 0.2) is 0 Å². The number of benzene rings is 1. The van der Waals surface area contributed by atoms with Crippen molar-refractivity contribution in [2.45, 2.75) is 12.5 Å². The molecule has 8 heteroatoms. The van der Waals surface area contributed by atoms with Crippen molar-refractivity contribution in [2.75, 3.05) is 29.7 Å². The summed E-state index contributed by atoms with van der Waals surface area (Å²) in [7, 11) is 0. The summed E-state index contributed by atoms with van der Waals surface area (Å²) in [5.74, 6) is -2.66. The minimum atomic E-state index is -1.14. The molecule has 1 saturated heterocycles. The predicted octanol–water partition coefficient (Wildman–Crippen LogP) is 2.30. The molecule has 1 amide bonds. The first-order valence-corrected chi connectivity index (χ1v) is 7.49. The summed E-state index contributed by atoms with van der Waals surface area (Å²) >= 11 is 5.43. The van der Waals surface area contributed by atoms with Crippen LogP contribution in [0.4, 0.5) is 15.8 Å². The van der Waals surface area contributed by atoms with Crippen LogP contribution in [-0.2, 0) is 14.3 Å². The molecule has 0 unspecified atom stereocenters. The standard InChI is InChI=1S/C15H16ClFN2O4/c16-7-13(20)19-15-11(17)5-9(1-2-14(21)22)6-12(15)18-8-10-3-4-23-10/h1-2,5-6,10,18H,3-4,7-8H2,(H,19,20)(H,21,22)/b2-1+/t10-/m0/s1. The summed E-state index contributed by atoms with van der Waals surface area (Å²) in [5.41, 5.74) is 0.664. The van der Waals surface area contributed by atoms with Crippen molar-refractivity contribution < 1.29 is 23.8 Å². The molecule has 124 valence electrons. The highest BCUT2D eigenvalue weighted by Gasteiger charge is 2.19. The van der Waals surface area contributed by atoms with Crippen molar-refractivity contribution in [1.82, 2.24) is 0 Å². The van der Waals surface area contributed by atoms with Crippen molar-refractivity contribution in [3.8, 4) is 0 Å². The van der Waals surface area contributed by atoms with E-state index in [-0.39, 0.29) is 17.7 Å². The predicted molar refractivity (Wildman–Crippen MR) is 85.3 cm³/mol. The summed E-state index contributed by atoms with van der Waals surface area (Å²) < 4.78 is 19.5. The van der Waals surface area contributed by atoms with E-state index < -0.39 is 17.7 Å². The molecule has 0 spiro atoms. The summed E-state index contributed by atoms with van der Waals surface area (Å²) in [5, 5.41) is 14.1. The molecule has 0 saturated carbocycles. The SMILES string of the molecule is O=C(O)/C=C/c1cc(F)c(NC(=O)CCl)c(NC[C@@H]2CCO2)c1. The first kappa shape index (κ1) is 17.2. The lowest BCUT2D eigenvalue weighted by Gasteiger charge is -2.27. The molecule has 1 atom stereocenters. The van der Waals surface area contributed by atoms with Crippen LogP contribution in [0.1, 0.15) is 12.0 Å². The van der Waals surface area contributed by atoms with E-state index in [0.29, 0.717) is 24.4 Å². The van der Waals surface area contributed by atoms with Crippen molar-refractivity contribution in [3.63, 3.8) is 0 Å². The number of carbonyl (C=O) groups is 2. The van der Waals surface area contributed by atoms with Crippen molar-refractivity contribution >= 4 is 40.9 Å². The summed E-state index contributed by atoms with van der Waals surface area (Å²) in [6.45, 7) is 1.15. The van der Waals surface area contributed by atoms with Gasteiger partial charge in [-0.05, 0) is 30.2 Å². The number of ether oxygens (including phenoxy) is 1. The Hall–Kier alpha value is -2.12. The van der Waals surface area contributed by atoms with Crippen LogP contribution in [0, 0.1) is 5.82 Å². The Kier molecular flexibility index (Phi) is 5.95. The number of carboxylic acids is 1. The first-order valence-electron chi connectivity index (χ1n) is 6.95. The average Bonchev–Trinajstić information content (AvgIpc) is 2.46. The molecule has 0 aromatic heterocycles. The molecule has 1 aromatic carbocycles. The van der Waals surface area contributed by atoms with Crippen LogP contribution < -0.4 is 10.6 Å². The van der Waals surface area contributed by atoms with E-state index in [1.54, 1.807) is 6.07 Å². The monoisotopic (exact) mass is 342 g/mol. The highest BCUT2D eigenvalue weighted by molar-refractivity contribution is 6.29. The van der Waals surface area contributed by atoms with Crippen molar-refractivity contribution in [2.24, 2.45) is 0 Å². The number of halogens is 2. The van der Waals surface area contributed by atoms with E-state index in [1.165, 1.54) is 6.08 Å². The van der Waals surface area contributed by atoms with E-state index >= 15 is 0 Å². The quantitative estimate of drug-likeness (QED) is 0.523. The lowest BCUT2D eigenvalue weighted by atomic mass is 10.1. The number of anilines is 2. The molecule has 1 aromatic rings. The van der Waals surface area contributed by atoms with Gasteiger partial charge in [-0.2, -0.15) is 0 Å². The van der Waals surface area contributed by atoms with Crippen LogP contribution in [0.5, 0.6) is 0 Å². The third kappa shape index (κ3) is 4.94. The Morgan fingerprint density at radius 3 is 2.78 bits per heavy atom. The fourth-order valence-electron chi connectivity index (χ4n) is 2.00. The lowest BCUT2D eigenvalue weighted by Crippen LogP contribution is -2.33. The van der Waals surface area contributed by atoms with Crippen LogP contribution in [-0.4, -0.2) is 42.1 Å². The molecule has 1 aliphatic rings. The zero-order chi connectivity index (χ0) is 16.8. The number of nitrogens with one attached hydrogen (secondary N) is 2.